The number of anilines is 1. The van der Waals surface area contributed by atoms with Crippen molar-refractivity contribution in [3.05, 3.63) is 42.0 Å². The Morgan fingerprint density at radius 2 is 1.47 bits per heavy atom. The highest BCUT2D eigenvalue weighted by Gasteiger charge is 2.72. The van der Waals surface area contributed by atoms with Crippen molar-refractivity contribution in [1.29, 1.82) is 0 Å². The fraction of sp³-hybridized carbons (Fsp3) is 0.375. The molecule has 4 aliphatic heterocycles. The minimum atomic E-state index is -4.75. The molecule has 2 amide bonds. The van der Waals surface area contributed by atoms with Gasteiger partial charge in [-0.2, -0.15) is 0 Å². The van der Waals surface area contributed by atoms with Gasteiger partial charge in [0.05, 0.1) is 56.6 Å². The third-order valence-electron chi connectivity index (χ3n) is 7.32. The molecule has 0 radical (unpaired) electrons. The number of phosphoric ester groups is 1. The number of nitrogens with zero attached hydrogens (tertiary/aromatic N) is 2. The molecule has 0 spiro atoms. The highest BCUT2D eigenvalue weighted by molar-refractivity contribution is 7.46. The molecular weight excluding hydrogens is 523 g/mol. The number of oxime groups is 1. The molecule has 4 aliphatic rings. The Morgan fingerprint density at radius 1 is 0.868 bits per heavy atom. The van der Waals surface area contributed by atoms with E-state index in [0.717, 1.165) is 4.90 Å². The van der Waals surface area contributed by atoms with Crippen LogP contribution in [0.1, 0.15) is 5.56 Å². The first-order valence-corrected chi connectivity index (χ1v) is 13.1. The van der Waals surface area contributed by atoms with Crippen molar-refractivity contribution in [1.82, 2.24) is 0 Å². The molecule has 0 saturated carbocycles. The molecule has 6 unspecified atom stereocenters. The zero-order valence-electron chi connectivity index (χ0n) is 20.3. The van der Waals surface area contributed by atoms with E-state index in [2.05, 4.69) is 9.68 Å². The number of carbonyl (C=O) groups is 2. The first-order chi connectivity index (χ1) is 18.2. The minimum Gasteiger partial charge on any atom is -0.493 e. The maximum Gasteiger partial charge on any atom is 0.524 e. The number of hydrogen-bond acceptors (Lipinski definition) is 10. The number of fused-ring (bicyclic) bond motifs is 8. The summed E-state index contributed by atoms with van der Waals surface area (Å²) in [6.07, 6.45) is -1.86. The quantitative estimate of drug-likeness (QED) is 0.382. The summed E-state index contributed by atoms with van der Waals surface area (Å²) in [5, 5.41) is 4.30. The van der Waals surface area contributed by atoms with Crippen LogP contribution in [0.4, 0.5) is 5.69 Å². The normalized spacial score (nSPS) is 29.1. The topological polar surface area (TPSA) is 163 Å². The Balaban J connectivity index is 1.29. The number of benzene rings is 2. The van der Waals surface area contributed by atoms with Gasteiger partial charge >= 0.3 is 7.82 Å². The second-order valence-electron chi connectivity index (χ2n) is 9.19. The maximum atomic E-state index is 13.5. The molecule has 38 heavy (non-hydrogen) atoms. The largest absolute Gasteiger partial charge is 0.524 e. The van der Waals surface area contributed by atoms with Gasteiger partial charge in [0.2, 0.25) is 17.6 Å². The van der Waals surface area contributed by atoms with Gasteiger partial charge < -0.3 is 28.3 Å². The van der Waals surface area contributed by atoms with Crippen LogP contribution >= 0.6 is 7.82 Å². The summed E-state index contributed by atoms with van der Waals surface area (Å²) < 4.78 is 38.1. The van der Waals surface area contributed by atoms with Crippen LogP contribution in [0, 0.1) is 17.8 Å². The van der Waals surface area contributed by atoms with Crippen LogP contribution in [0.5, 0.6) is 23.0 Å². The number of methoxy groups -OCH3 is 3. The molecular formula is C24H23N2O11P. The van der Waals surface area contributed by atoms with E-state index in [-0.39, 0.29) is 11.4 Å². The lowest BCUT2D eigenvalue weighted by molar-refractivity contribution is -0.125. The van der Waals surface area contributed by atoms with Crippen LogP contribution in [0.25, 0.3) is 0 Å². The molecule has 6 rings (SSSR count). The zero-order chi connectivity index (χ0) is 26.9. The molecule has 2 aromatic rings. The third kappa shape index (κ3) is 3.57. The molecule has 3 fully saturated rings. The van der Waals surface area contributed by atoms with Gasteiger partial charge in [-0.25, -0.2) is 9.46 Å². The van der Waals surface area contributed by atoms with E-state index in [1.54, 1.807) is 12.1 Å². The van der Waals surface area contributed by atoms with E-state index in [4.69, 9.17) is 33.6 Å². The number of phosphoric acid groups is 1. The Kier molecular flexibility index (Phi) is 5.65. The first kappa shape index (κ1) is 24.7. The fourth-order valence-electron chi connectivity index (χ4n) is 5.87. The predicted octanol–water partition coefficient (Wildman–Crippen LogP) is 1.49. The molecule has 2 N–H and O–H groups in total. The van der Waals surface area contributed by atoms with Gasteiger partial charge in [0, 0.05) is 5.56 Å². The van der Waals surface area contributed by atoms with Crippen LogP contribution in [-0.4, -0.2) is 67.0 Å². The first-order valence-electron chi connectivity index (χ1n) is 11.6. The third-order valence-corrected chi connectivity index (χ3v) is 7.77. The Hall–Kier alpha value is -3.64. The molecule has 13 nitrogen and oxygen atoms in total. The van der Waals surface area contributed by atoms with Gasteiger partial charge in [-0.3, -0.25) is 19.4 Å². The Labute approximate surface area is 216 Å². The SMILES string of the molecule is COc1cc(C2=NOC3C4OC(C23)C2C(=O)N(c3ccc(OP(=O)(O)O)cc3)C(=O)C42)cc(OC)c1OC. The van der Waals surface area contributed by atoms with Crippen molar-refractivity contribution in [2.75, 3.05) is 26.2 Å². The predicted molar refractivity (Wildman–Crippen MR) is 128 cm³/mol. The summed E-state index contributed by atoms with van der Waals surface area (Å²) in [6, 6.07) is 8.83. The second kappa shape index (κ2) is 8.70. The smallest absolute Gasteiger partial charge is 0.493 e. The summed E-state index contributed by atoms with van der Waals surface area (Å²) in [6.45, 7) is 0. The number of imide groups is 1. The highest BCUT2D eigenvalue weighted by Crippen LogP contribution is 2.55. The second-order valence-corrected chi connectivity index (χ2v) is 10.4. The molecule has 3 saturated heterocycles. The van der Waals surface area contributed by atoms with Crippen LogP contribution in [0.2, 0.25) is 0 Å². The number of rotatable bonds is 7. The van der Waals surface area contributed by atoms with Gasteiger partial charge in [0.1, 0.15) is 11.9 Å². The standard InChI is InChI=1S/C24H23N2O11P/c1-32-13-8-10(9-14(33-2)19(13)34-3)18-17-20-15-16(21(35-20)22(17)36-25-18)24(28)26(23(15)27)11-4-6-12(7-5-11)37-38(29,30)31/h4-9,15-17,20-22H,1-3H3,(H2,29,30,31). The van der Waals surface area contributed by atoms with Crippen LogP contribution in [-0.2, 0) is 23.7 Å². The minimum absolute atomic E-state index is 0.0982. The lowest BCUT2D eigenvalue weighted by Gasteiger charge is -2.26. The number of amides is 2. The summed E-state index contributed by atoms with van der Waals surface area (Å²) in [5.74, 6) is -1.56. The Bertz CT molecular complexity index is 1380. The average molecular weight is 546 g/mol. The van der Waals surface area contributed by atoms with E-state index < -0.39 is 55.7 Å². The summed E-state index contributed by atoms with van der Waals surface area (Å²) in [5.41, 5.74) is 1.46. The Morgan fingerprint density at radius 3 is 2.03 bits per heavy atom. The molecule has 4 heterocycles. The molecule has 2 bridgehead atoms. The van der Waals surface area contributed by atoms with E-state index >= 15 is 0 Å². The van der Waals surface area contributed by atoms with E-state index in [1.807, 2.05) is 0 Å². The van der Waals surface area contributed by atoms with E-state index in [9.17, 15) is 14.2 Å². The van der Waals surface area contributed by atoms with E-state index in [0.29, 0.717) is 28.5 Å². The lowest BCUT2D eigenvalue weighted by Crippen LogP contribution is -2.45. The molecule has 2 aromatic carbocycles. The van der Waals surface area contributed by atoms with Crippen molar-refractivity contribution < 1.29 is 52.2 Å². The summed E-state index contributed by atoms with van der Waals surface area (Å²) in [4.78, 5) is 51.8. The van der Waals surface area contributed by atoms with Gasteiger partial charge in [-0.05, 0) is 36.4 Å². The zero-order valence-corrected chi connectivity index (χ0v) is 21.2. The van der Waals surface area contributed by atoms with Crippen molar-refractivity contribution >= 4 is 31.0 Å². The van der Waals surface area contributed by atoms with Crippen LogP contribution < -0.4 is 23.6 Å². The summed E-state index contributed by atoms with van der Waals surface area (Å²) >= 11 is 0. The number of hydrogen-bond donors (Lipinski definition) is 2. The monoisotopic (exact) mass is 546 g/mol. The van der Waals surface area contributed by atoms with E-state index in [1.165, 1.54) is 45.6 Å². The lowest BCUT2D eigenvalue weighted by atomic mass is 9.71. The van der Waals surface area contributed by atoms with Crippen LogP contribution in [0.3, 0.4) is 0 Å². The van der Waals surface area contributed by atoms with Gasteiger partial charge in [0.25, 0.3) is 0 Å². The molecule has 0 aromatic heterocycles. The average Bonchev–Trinajstić information content (AvgIpc) is 3.63. The maximum absolute atomic E-state index is 13.5. The van der Waals surface area contributed by atoms with Gasteiger partial charge in [0.15, 0.2) is 17.6 Å². The molecule has 6 atom stereocenters. The van der Waals surface area contributed by atoms with Crippen molar-refractivity contribution in [3.63, 3.8) is 0 Å². The van der Waals surface area contributed by atoms with Crippen molar-refractivity contribution in [2.45, 2.75) is 18.3 Å². The fourth-order valence-corrected chi connectivity index (χ4v) is 6.27. The number of carbonyl (C=O) groups excluding carboxylic acids is 2. The summed E-state index contributed by atoms with van der Waals surface area (Å²) in [7, 11) is -0.234. The van der Waals surface area contributed by atoms with Crippen molar-refractivity contribution in [3.8, 4) is 23.0 Å². The van der Waals surface area contributed by atoms with Crippen LogP contribution in [0.15, 0.2) is 41.6 Å². The molecule has 14 heteroatoms. The van der Waals surface area contributed by atoms with Crippen molar-refractivity contribution in [2.24, 2.45) is 22.9 Å². The molecule has 200 valence electrons. The van der Waals surface area contributed by atoms with Gasteiger partial charge in [-0.15, -0.1) is 0 Å². The molecule has 0 aliphatic carbocycles. The number of ether oxygens (including phenoxy) is 4. The van der Waals surface area contributed by atoms with Gasteiger partial charge in [-0.1, -0.05) is 5.16 Å². The highest BCUT2D eigenvalue weighted by atomic mass is 31.2.